The molecule has 0 saturated carbocycles. The van der Waals surface area contributed by atoms with Crippen molar-refractivity contribution < 1.29 is 14.3 Å². The van der Waals surface area contributed by atoms with E-state index < -0.39 is 0 Å². The highest BCUT2D eigenvalue weighted by molar-refractivity contribution is 5.88. The molecular weight excluding hydrogens is 244 g/mol. The molecule has 2 atom stereocenters. The van der Waals surface area contributed by atoms with Crippen LogP contribution in [0, 0.1) is 5.92 Å². The molecule has 0 spiro atoms. The second-order valence-electron chi connectivity index (χ2n) is 4.66. The largest absolute Gasteiger partial charge is 0.469 e. The monoisotopic (exact) mass is 262 g/mol. The molecule has 1 aliphatic rings. The molecule has 1 aromatic carbocycles. The molecule has 0 radical (unpaired) electrons. The number of ether oxygens (including phenoxy) is 1. The van der Waals surface area contributed by atoms with Gasteiger partial charge in [0.25, 0.3) is 0 Å². The highest BCUT2D eigenvalue weighted by Gasteiger charge is 2.34. The first kappa shape index (κ1) is 13.5. The molecular formula is C14H18N2O3. The number of carbonyl (C=O) groups excluding carboxylic acids is 2. The summed E-state index contributed by atoms with van der Waals surface area (Å²) in [7, 11) is 1.41. The standard InChI is InChI=1S/C14H18N2O3/c1-9(17)16-11-5-3-4-10(8-11)13-12(6-7-15-13)14(18)19-2/h3-5,8,12-13,15H,6-7H2,1-2H3,(H,16,17). The van der Waals surface area contributed by atoms with E-state index in [0.717, 1.165) is 24.2 Å². The third-order valence-corrected chi connectivity index (χ3v) is 3.29. The molecule has 0 aromatic heterocycles. The van der Waals surface area contributed by atoms with E-state index in [-0.39, 0.29) is 23.8 Å². The van der Waals surface area contributed by atoms with E-state index in [9.17, 15) is 9.59 Å². The van der Waals surface area contributed by atoms with E-state index >= 15 is 0 Å². The van der Waals surface area contributed by atoms with Crippen LogP contribution >= 0.6 is 0 Å². The average Bonchev–Trinajstić information content (AvgIpc) is 2.86. The van der Waals surface area contributed by atoms with Gasteiger partial charge in [0.05, 0.1) is 13.0 Å². The third kappa shape index (κ3) is 3.12. The number of amides is 1. The van der Waals surface area contributed by atoms with Crippen molar-refractivity contribution in [2.24, 2.45) is 5.92 Å². The second-order valence-corrected chi connectivity index (χ2v) is 4.66. The van der Waals surface area contributed by atoms with Crippen molar-refractivity contribution in [2.75, 3.05) is 19.0 Å². The van der Waals surface area contributed by atoms with Crippen LogP contribution < -0.4 is 10.6 Å². The molecule has 0 bridgehead atoms. The van der Waals surface area contributed by atoms with Crippen LogP contribution in [0.2, 0.25) is 0 Å². The zero-order valence-electron chi connectivity index (χ0n) is 11.1. The Balaban J connectivity index is 2.20. The molecule has 1 heterocycles. The molecule has 1 aliphatic heterocycles. The number of carbonyl (C=O) groups is 2. The summed E-state index contributed by atoms with van der Waals surface area (Å²) in [5, 5.41) is 6.05. The normalized spacial score (nSPS) is 22.0. The van der Waals surface area contributed by atoms with Gasteiger partial charge < -0.3 is 15.4 Å². The molecule has 1 saturated heterocycles. The lowest BCUT2D eigenvalue weighted by Gasteiger charge is -2.18. The third-order valence-electron chi connectivity index (χ3n) is 3.29. The van der Waals surface area contributed by atoms with Crippen LogP contribution in [0.25, 0.3) is 0 Å². The first-order valence-electron chi connectivity index (χ1n) is 6.30. The molecule has 0 aliphatic carbocycles. The molecule has 102 valence electrons. The Morgan fingerprint density at radius 1 is 1.42 bits per heavy atom. The van der Waals surface area contributed by atoms with Gasteiger partial charge in [0.1, 0.15) is 0 Å². The fourth-order valence-electron chi connectivity index (χ4n) is 2.47. The van der Waals surface area contributed by atoms with E-state index in [1.165, 1.54) is 14.0 Å². The van der Waals surface area contributed by atoms with E-state index in [2.05, 4.69) is 10.6 Å². The van der Waals surface area contributed by atoms with Gasteiger partial charge in [0.15, 0.2) is 0 Å². The Bertz CT molecular complexity index is 487. The lowest BCUT2D eigenvalue weighted by atomic mass is 9.94. The summed E-state index contributed by atoms with van der Waals surface area (Å²) in [5.74, 6) is -0.474. The predicted molar refractivity (Wildman–Crippen MR) is 71.6 cm³/mol. The highest BCUT2D eigenvalue weighted by atomic mass is 16.5. The smallest absolute Gasteiger partial charge is 0.310 e. The molecule has 2 rings (SSSR count). The van der Waals surface area contributed by atoms with Gasteiger partial charge in [0.2, 0.25) is 5.91 Å². The van der Waals surface area contributed by atoms with Gasteiger partial charge in [-0.25, -0.2) is 0 Å². The number of esters is 1. The van der Waals surface area contributed by atoms with Gasteiger partial charge >= 0.3 is 5.97 Å². The highest BCUT2D eigenvalue weighted by Crippen LogP contribution is 2.31. The van der Waals surface area contributed by atoms with Crippen LogP contribution in [0.5, 0.6) is 0 Å². The first-order valence-corrected chi connectivity index (χ1v) is 6.30. The fraction of sp³-hybridized carbons (Fsp3) is 0.429. The van der Waals surface area contributed by atoms with Gasteiger partial charge in [-0.2, -0.15) is 0 Å². The minimum atomic E-state index is -0.195. The Labute approximate surface area is 112 Å². The van der Waals surface area contributed by atoms with Crippen molar-refractivity contribution in [1.29, 1.82) is 0 Å². The molecule has 5 heteroatoms. The summed E-state index contributed by atoms with van der Waals surface area (Å²) in [5.41, 5.74) is 1.72. The maximum Gasteiger partial charge on any atom is 0.310 e. The minimum absolute atomic E-state index is 0.0545. The predicted octanol–water partition coefficient (Wildman–Crippen LogP) is 1.47. The fourth-order valence-corrected chi connectivity index (χ4v) is 2.47. The quantitative estimate of drug-likeness (QED) is 0.809. The van der Waals surface area contributed by atoms with Crippen molar-refractivity contribution in [1.82, 2.24) is 5.32 Å². The summed E-state index contributed by atoms with van der Waals surface area (Å²) in [6.45, 7) is 2.26. The molecule has 1 aromatic rings. The number of methoxy groups -OCH3 is 1. The summed E-state index contributed by atoms with van der Waals surface area (Å²) >= 11 is 0. The number of hydrogen-bond acceptors (Lipinski definition) is 4. The van der Waals surface area contributed by atoms with Crippen LogP contribution in [0.4, 0.5) is 5.69 Å². The topological polar surface area (TPSA) is 67.4 Å². The molecule has 19 heavy (non-hydrogen) atoms. The van der Waals surface area contributed by atoms with E-state index in [0.29, 0.717) is 0 Å². The van der Waals surface area contributed by atoms with Gasteiger partial charge in [-0.15, -0.1) is 0 Å². The van der Waals surface area contributed by atoms with Crippen LogP contribution in [0.1, 0.15) is 24.9 Å². The van der Waals surface area contributed by atoms with Gasteiger partial charge in [-0.3, -0.25) is 9.59 Å². The summed E-state index contributed by atoms with van der Waals surface area (Å²) < 4.78 is 4.83. The Morgan fingerprint density at radius 2 is 2.21 bits per heavy atom. The number of nitrogens with one attached hydrogen (secondary N) is 2. The maximum absolute atomic E-state index is 11.7. The van der Waals surface area contributed by atoms with E-state index in [4.69, 9.17) is 4.74 Å². The van der Waals surface area contributed by atoms with Crippen molar-refractivity contribution >= 4 is 17.6 Å². The van der Waals surface area contributed by atoms with Gasteiger partial charge in [-0.05, 0) is 30.7 Å². The van der Waals surface area contributed by atoms with E-state index in [1.54, 1.807) is 0 Å². The Morgan fingerprint density at radius 3 is 2.89 bits per heavy atom. The molecule has 2 N–H and O–H groups in total. The number of anilines is 1. The van der Waals surface area contributed by atoms with E-state index in [1.807, 2.05) is 24.3 Å². The van der Waals surface area contributed by atoms with Gasteiger partial charge in [0, 0.05) is 18.7 Å². The summed E-state index contributed by atoms with van der Waals surface area (Å²) in [6.07, 6.45) is 0.766. The lowest BCUT2D eigenvalue weighted by molar-refractivity contribution is -0.145. The van der Waals surface area contributed by atoms with Crippen molar-refractivity contribution in [2.45, 2.75) is 19.4 Å². The zero-order chi connectivity index (χ0) is 13.8. The number of rotatable bonds is 3. The van der Waals surface area contributed by atoms with Crippen molar-refractivity contribution in [3.05, 3.63) is 29.8 Å². The van der Waals surface area contributed by atoms with Crippen molar-refractivity contribution in [3.8, 4) is 0 Å². The lowest BCUT2D eigenvalue weighted by Crippen LogP contribution is -2.24. The van der Waals surface area contributed by atoms with Crippen LogP contribution in [-0.2, 0) is 14.3 Å². The van der Waals surface area contributed by atoms with Gasteiger partial charge in [-0.1, -0.05) is 12.1 Å². The molecule has 2 unspecified atom stereocenters. The average molecular weight is 262 g/mol. The minimum Gasteiger partial charge on any atom is -0.469 e. The van der Waals surface area contributed by atoms with Crippen molar-refractivity contribution in [3.63, 3.8) is 0 Å². The van der Waals surface area contributed by atoms with Crippen LogP contribution in [0.3, 0.4) is 0 Å². The molecule has 1 amide bonds. The summed E-state index contributed by atoms with van der Waals surface area (Å²) in [4.78, 5) is 22.8. The number of benzene rings is 1. The molecule has 5 nitrogen and oxygen atoms in total. The maximum atomic E-state index is 11.7. The zero-order valence-corrected chi connectivity index (χ0v) is 11.1. The molecule has 1 fully saturated rings. The Hall–Kier alpha value is -1.88. The second kappa shape index (κ2) is 5.84. The first-order chi connectivity index (χ1) is 9.11. The van der Waals surface area contributed by atoms with Crippen LogP contribution in [0.15, 0.2) is 24.3 Å². The van der Waals surface area contributed by atoms with Crippen LogP contribution in [-0.4, -0.2) is 25.5 Å². The summed E-state index contributed by atoms with van der Waals surface area (Å²) in [6, 6.07) is 7.48. The number of hydrogen-bond donors (Lipinski definition) is 2. The Kier molecular flexibility index (Phi) is 4.16. The SMILES string of the molecule is COC(=O)C1CCNC1c1cccc(NC(C)=O)c1.